The van der Waals surface area contributed by atoms with Crippen LogP contribution in [0.2, 0.25) is 0 Å². The molecule has 1 aromatic carbocycles. The van der Waals surface area contributed by atoms with Crippen LogP contribution in [-0.4, -0.2) is 33.4 Å². The first-order chi connectivity index (χ1) is 9.33. The minimum absolute atomic E-state index is 0.194. The summed E-state index contributed by atoms with van der Waals surface area (Å²) in [4.78, 5) is 0. The van der Waals surface area contributed by atoms with Gasteiger partial charge in [-0.3, -0.25) is 0 Å². The van der Waals surface area contributed by atoms with E-state index in [1.807, 2.05) is 6.07 Å². The Balaban J connectivity index is 1.98. The van der Waals surface area contributed by atoms with Crippen molar-refractivity contribution in [1.29, 1.82) is 0 Å². The van der Waals surface area contributed by atoms with Crippen molar-refractivity contribution in [2.24, 2.45) is 5.92 Å². The van der Waals surface area contributed by atoms with Gasteiger partial charge in [-0.25, -0.2) is 0 Å². The van der Waals surface area contributed by atoms with Gasteiger partial charge in [0.25, 0.3) is 0 Å². The Morgan fingerprint density at radius 3 is 3.05 bits per heavy atom. The molecule has 1 aliphatic heterocycles. The summed E-state index contributed by atoms with van der Waals surface area (Å²) in [6, 6.07) is 8.36. The Morgan fingerprint density at radius 2 is 2.26 bits per heavy atom. The largest absolute Gasteiger partial charge is 0.383 e. The van der Waals surface area contributed by atoms with E-state index in [1.54, 1.807) is 7.11 Å². The number of halogens is 1. The van der Waals surface area contributed by atoms with Gasteiger partial charge in [0, 0.05) is 37.2 Å². The molecule has 1 N–H and O–H groups in total. The van der Waals surface area contributed by atoms with Gasteiger partial charge < -0.3 is 14.8 Å². The molecular formula is C15H22BrNO2. The molecule has 2 rings (SSSR count). The summed E-state index contributed by atoms with van der Waals surface area (Å²) in [7, 11) is 1.73. The molecule has 0 radical (unpaired) electrons. The zero-order valence-electron chi connectivity index (χ0n) is 11.4. The molecule has 0 bridgehead atoms. The molecule has 1 saturated heterocycles. The van der Waals surface area contributed by atoms with E-state index in [-0.39, 0.29) is 6.10 Å². The summed E-state index contributed by atoms with van der Waals surface area (Å²) >= 11 is 3.63. The lowest BCUT2D eigenvalue weighted by molar-refractivity contribution is -0.0284. The molecule has 1 heterocycles. The average molecular weight is 328 g/mol. The van der Waals surface area contributed by atoms with Crippen LogP contribution in [0.3, 0.4) is 0 Å². The zero-order chi connectivity index (χ0) is 13.5. The molecule has 1 aliphatic rings. The number of hydrogen-bond acceptors (Lipinski definition) is 3. The van der Waals surface area contributed by atoms with Gasteiger partial charge in [0.05, 0.1) is 12.7 Å². The number of nitrogens with one attached hydrogen (secondary N) is 1. The molecule has 0 aliphatic carbocycles. The first kappa shape index (κ1) is 15.0. The van der Waals surface area contributed by atoms with Crippen LogP contribution in [0, 0.1) is 5.92 Å². The molecule has 0 saturated carbocycles. The van der Waals surface area contributed by atoms with E-state index < -0.39 is 0 Å². The second-order valence-corrected chi connectivity index (χ2v) is 5.77. The first-order valence-corrected chi connectivity index (χ1v) is 7.68. The van der Waals surface area contributed by atoms with Gasteiger partial charge in [0.15, 0.2) is 0 Å². The lowest BCUT2D eigenvalue weighted by atomic mass is 9.89. The highest BCUT2D eigenvalue weighted by Gasteiger charge is 2.28. The van der Waals surface area contributed by atoms with Crippen molar-refractivity contribution in [3.8, 4) is 0 Å². The van der Waals surface area contributed by atoms with Crippen LogP contribution in [0.4, 0.5) is 0 Å². The monoisotopic (exact) mass is 327 g/mol. The second-order valence-electron chi connectivity index (χ2n) is 4.91. The van der Waals surface area contributed by atoms with Crippen molar-refractivity contribution < 1.29 is 9.47 Å². The lowest BCUT2D eigenvalue weighted by Crippen LogP contribution is -2.33. The number of rotatable bonds is 6. The van der Waals surface area contributed by atoms with E-state index >= 15 is 0 Å². The summed E-state index contributed by atoms with van der Waals surface area (Å²) in [6.07, 6.45) is 2.56. The van der Waals surface area contributed by atoms with Gasteiger partial charge in [0.1, 0.15) is 0 Å². The topological polar surface area (TPSA) is 30.5 Å². The molecule has 106 valence electrons. The van der Waals surface area contributed by atoms with Crippen LogP contribution in [0.25, 0.3) is 0 Å². The highest BCUT2D eigenvalue weighted by Crippen LogP contribution is 2.36. The molecule has 3 nitrogen and oxygen atoms in total. The van der Waals surface area contributed by atoms with Crippen LogP contribution in [-0.2, 0) is 9.47 Å². The van der Waals surface area contributed by atoms with Crippen molar-refractivity contribution in [2.75, 3.05) is 33.4 Å². The van der Waals surface area contributed by atoms with E-state index in [2.05, 4.69) is 39.4 Å². The number of benzene rings is 1. The Morgan fingerprint density at radius 1 is 1.42 bits per heavy atom. The Hall–Kier alpha value is -0.420. The van der Waals surface area contributed by atoms with Gasteiger partial charge in [-0.15, -0.1) is 0 Å². The van der Waals surface area contributed by atoms with E-state index in [4.69, 9.17) is 9.47 Å². The quantitative estimate of drug-likeness (QED) is 0.814. The van der Waals surface area contributed by atoms with Crippen molar-refractivity contribution in [3.63, 3.8) is 0 Å². The maximum atomic E-state index is 6.01. The van der Waals surface area contributed by atoms with Gasteiger partial charge in [-0.05, 0) is 24.5 Å². The summed E-state index contributed by atoms with van der Waals surface area (Å²) < 4.78 is 12.2. The van der Waals surface area contributed by atoms with Gasteiger partial charge in [-0.1, -0.05) is 34.1 Å². The SMILES string of the molecule is COCCNCC1CCCOC1c1ccccc1Br. The van der Waals surface area contributed by atoms with Crippen molar-refractivity contribution >= 4 is 15.9 Å². The van der Waals surface area contributed by atoms with Crippen molar-refractivity contribution in [2.45, 2.75) is 18.9 Å². The minimum Gasteiger partial charge on any atom is -0.383 e. The average Bonchev–Trinajstić information content (AvgIpc) is 2.45. The van der Waals surface area contributed by atoms with Crippen LogP contribution < -0.4 is 5.32 Å². The third kappa shape index (κ3) is 4.28. The standard InChI is InChI=1S/C15H22BrNO2/c1-18-10-8-17-11-12-5-4-9-19-15(12)13-6-2-3-7-14(13)16/h2-3,6-7,12,15,17H,4-5,8-11H2,1H3. The summed E-state index contributed by atoms with van der Waals surface area (Å²) in [5, 5.41) is 3.45. The molecule has 2 atom stereocenters. The molecule has 2 unspecified atom stereocenters. The van der Waals surface area contributed by atoms with Gasteiger partial charge in [-0.2, -0.15) is 0 Å². The number of hydrogen-bond donors (Lipinski definition) is 1. The normalized spacial score (nSPS) is 23.5. The van der Waals surface area contributed by atoms with Crippen molar-refractivity contribution in [1.82, 2.24) is 5.32 Å². The van der Waals surface area contributed by atoms with E-state index in [9.17, 15) is 0 Å². The highest BCUT2D eigenvalue weighted by molar-refractivity contribution is 9.10. The Bertz CT molecular complexity index is 386. The fraction of sp³-hybridized carbons (Fsp3) is 0.600. The summed E-state index contributed by atoms with van der Waals surface area (Å²) in [6.45, 7) is 3.50. The number of methoxy groups -OCH3 is 1. The molecular weight excluding hydrogens is 306 g/mol. The summed E-state index contributed by atoms with van der Waals surface area (Å²) in [5.74, 6) is 0.532. The van der Waals surface area contributed by atoms with Gasteiger partial charge >= 0.3 is 0 Å². The predicted octanol–water partition coefficient (Wildman–Crippen LogP) is 3.15. The third-order valence-corrected chi connectivity index (χ3v) is 4.27. The van der Waals surface area contributed by atoms with E-state index in [0.29, 0.717) is 5.92 Å². The Labute approximate surface area is 123 Å². The molecule has 0 spiro atoms. The fourth-order valence-electron chi connectivity index (χ4n) is 2.56. The fourth-order valence-corrected chi connectivity index (χ4v) is 3.07. The highest BCUT2D eigenvalue weighted by atomic mass is 79.9. The van der Waals surface area contributed by atoms with Crippen LogP contribution in [0.1, 0.15) is 24.5 Å². The molecule has 0 amide bonds. The van der Waals surface area contributed by atoms with Crippen LogP contribution >= 0.6 is 15.9 Å². The Kier molecular flexibility index (Phi) is 6.31. The minimum atomic E-state index is 0.194. The maximum absolute atomic E-state index is 6.01. The zero-order valence-corrected chi connectivity index (χ0v) is 13.0. The smallest absolute Gasteiger partial charge is 0.0876 e. The van der Waals surface area contributed by atoms with Gasteiger partial charge in [0.2, 0.25) is 0 Å². The predicted molar refractivity (Wildman–Crippen MR) is 80.3 cm³/mol. The molecule has 19 heavy (non-hydrogen) atoms. The lowest BCUT2D eigenvalue weighted by Gasteiger charge is -2.33. The first-order valence-electron chi connectivity index (χ1n) is 6.88. The van der Waals surface area contributed by atoms with E-state index in [1.165, 1.54) is 12.0 Å². The molecule has 0 aromatic heterocycles. The molecule has 1 aromatic rings. The molecule has 1 fully saturated rings. The number of ether oxygens (including phenoxy) is 2. The van der Waals surface area contributed by atoms with Crippen LogP contribution in [0.15, 0.2) is 28.7 Å². The van der Waals surface area contributed by atoms with E-state index in [0.717, 1.165) is 37.2 Å². The second kappa shape index (κ2) is 8.00. The maximum Gasteiger partial charge on any atom is 0.0876 e. The summed E-state index contributed by atoms with van der Waals surface area (Å²) in [5.41, 5.74) is 1.26. The van der Waals surface area contributed by atoms with Crippen molar-refractivity contribution in [3.05, 3.63) is 34.3 Å². The molecule has 4 heteroatoms. The van der Waals surface area contributed by atoms with Crippen LogP contribution in [0.5, 0.6) is 0 Å². The third-order valence-electron chi connectivity index (χ3n) is 3.55.